The van der Waals surface area contributed by atoms with E-state index in [0.29, 0.717) is 28.6 Å². The van der Waals surface area contributed by atoms with Gasteiger partial charge >= 0.3 is 5.97 Å². The summed E-state index contributed by atoms with van der Waals surface area (Å²) in [6.45, 7) is 0. The second kappa shape index (κ2) is 4.82. The summed E-state index contributed by atoms with van der Waals surface area (Å²) in [5.74, 6) is -1.08. The maximum atomic E-state index is 14.1. The molecule has 0 bridgehead atoms. The molecule has 0 saturated heterocycles. The van der Waals surface area contributed by atoms with Gasteiger partial charge in [0.05, 0.1) is 5.41 Å². The minimum absolute atomic E-state index is 0.262. The number of hydrogen-bond donors (Lipinski definition) is 1. The van der Waals surface area contributed by atoms with Crippen LogP contribution in [0.15, 0.2) is 23.1 Å². The summed E-state index contributed by atoms with van der Waals surface area (Å²) < 4.78 is 14.1. The number of halogens is 1. The first-order chi connectivity index (χ1) is 9.12. The molecule has 19 heavy (non-hydrogen) atoms. The largest absolute Gasteiger partial charge is 0.481 e. The molecule has 0 amide bonds. The van der Waals surface area contributed by atoms with Gasteiger partial charge < -0.3 is 5.11 Å². The number of carbonyl (C=O) groups is 1. The van der Waals surface area contributed by atoms with Crippen molar-refractivity contribution in [3.8, 4) is 0 Å². The Morgan fingerprint density at radius 3 is 2.53 bits per heavy atom. The Hall–Kier alpha value is -1.03. The molecule has 2 aliphatic rings. The molecule has 0 aromatic heterocycles. The molecule has 0 atom stereocenters. The molecule has 0 aliphatic heterocycles. The van der Waals surface area contributed by atoms with E-state index in [4.69, 9.17) is 0 Å². The van der Waals surface area contributed by atoms with Gasteiger partial charge in [0.1, 0.15) is 5.82 Å². The third-order valence-corrected chi connectivity index (χ3v) is 5.56. The normalized spacial score (nSPS) is 21.5. The molecular formula is C15H17FO2S. The van der Waals surface area contributed by atoms with Crippen LogP contribution in [0.1, 0.15) is 44.1 Å². The smallest absolute Gasteiger partial charge is 0.314 e. The van der Waals surface area contributed by atoms with Crippen molar-refractivity contribution in [2.24, 2.45) is 0 Å². The Bertz CT molecular complexity index is 505. The van der Waals surface area contributed by atoms with Crippen LogP contribution in [0, 0.1) is 5.82 Å². The molecule has 1 aromatic rings. The van der Waals surface area contributed by atoms with Crippen LogP contribution < -0.4 is 0 Å². The summed E-state index contributed by atoms with van der Waals surface area (Å²) in [5.41, 5.74) is -0.223. The van der Waals surface area contributed by atoms with E-state index in [1.165, 1.54) is 6.07 Å². The van der Waals surface area contributed by atoms with Gasteiger partial charge in [-0.05, 0) is 43.4 Å². The number of rotatable bonds is 4. The van der Waals surface area contributed by atoms with Crippen molar-refractivity contribution in [2.75, 3.05) is 0 Å². The Morgan fingerprint density at radius 2 is 2.00 bits per heavy atom. The monoisotopic (exact) mass is 280 g/mol. The zero-order valence-corrected chi connectivity index (χ0v) is 11.5. The van der Waals surface area contributed by atoms with Crippen molar-refractivity contribution in [3.05, 3.63) is 29.6 Å². The fraction of sp³-hybridized carbons (Fsp3) is 0.533. The molecule has 2 aliphatic carbocycles. The van der Waals surface area contributed by atoms with E-state index >= 15 is 0 Å². The van der Waals surface area contributed by atoms with Crippen LogP contribution in [0.2, 0.25) is 0 Å². The van der Waals surface area contributed by atoms with E-state index in [1.54, 1.807) is 17.8 Å². The van der Waals surface area contributed by atoms with Crippen molar-refractivity contribution < 1.29 is 14.3 Å². The fourth-order valence-corrected chi connectivity index (χ4v) is 3.91. The molecule has 1 aromatic carbocycles. The summed E-state index contributed by atoms with van der Waals surface area (Å²) in [6.07, 6.45) is 5.38. The Labute approximate surface area is 116 Å². The number of hydrogen-bond acceptors (Lipinski definition) is 2. The quantitative estimate of drug-likeness (QED) is 0.906. The summed E-state index contributed by atoms with van der Waals surface area (Å²) >= 11 is 1.57. The van der Waals surface area contributed by atoms with E-state index in [1.807, 2.05) is 6.07 Å². The summed E-state index contributed by atoms with van der Waals surface area (Å²) in [4.78, 5) is 12.2. The van der Waals surface area contributed by atoms with Crippen molar-refractivity contribution in [3.63, 3.8) is 0 Å². The molecule has 1 N–H and O–H groups in total. The van der Waals surface area contributed by atoms with Crippen LogP contribution in [0.4, 0.5) is 4.39 Å². The van der Waals surface area contributed by atoms with Gasteiger partial charge in [0.25, 0.3) is 0 Å². The SMILES string of the molecule is O=C(O)C1(c2ccc(SC3CC3)c(F)c2)CCCC1. The van der Waals surface area contributed by atoms with E-state index in [-0.39, 0.29) is 5.82 Å². The molecule has 0 unspecified atom stereocenters. The zero-order valence-electron chi connectivity index (χ0n) is 10.7. The number of carboxylic acids is 1. The van der Waals surface area contributed by atoms with Gasteiger partial charge in [-0.25, -0.2) is 4.39 Å². The first-order valence-electron chi connectivity index (χ1n) is 6.82. The second-order valence-electron chi connectivity index (χ2n) is 5.56. The maximum absolute atomic E-state index is 14.1. The lowest BCUT2D eigenvalue weighted by molar-refractivity contribution is -0.143. The predicted octanol–water partition coefficient (Wildman–Crippen LogP) is 3.98. The molecule has 0 spiro atoms. The average molecular weight is 280 g/mol. The molecule has 3 rings (SSSR count). The van der Waals surface area contributed by atoms with Gasteiger partial charge in [0.2, 0.25) is 0 Å². The second-order valence-corrected chi connectivity index (χ2v) is 6.90. The number of thioether (sulfide) groups is 1. The van der Waals surface area contributed by atoms with Crippen LogP contribution in [0.5, 0.6) is 0 Å². The van der Waals surface area contributed by atoms with Gasteiger partial charge in [-0.15, -0.1) is 11.8 Å². The number of carboxylic acid groups (broad SMARTS) is 1. The third kappa shape index (κ3) is 2.38. The van der Waals surface area contributed by atoms with E-state index in [0.717, 1.165) is 25.7 Å². The minimum Gasteiger partial charge on any atom is -0.481 e. The lowest BCUT2D eigenvalue weighted by Gasteiger charge is -2.24. The summed E-state index contributed by atoms with van der Waals surface area (Å²) in [7, 11) is 0. The molecule has 2 fully saturated rings. The molecule has 2 nitrogen and oxygen atoms in total. The maximum Gasteiger partial charge on any atom is 0.314 e. The van der Waals surface area contributed by atoms with E-state index < -0.39 is 11.4 Å². The van der Waals surface area contributed by atoms with Crippen molar-refractivity contribution in [1.29, 1.82) is 0 Å². The third-order valence-electron chi connectivity index (χ3n) is 4.17. The van der Waals surface area contributed by atoms with E-state index in [2.05, 4.69) is 0 Å². The Balaban J connectivity index is 1.91. The highest BCUT2D eigenvalue weighted by Gasteiger charge is 2.43. The molecule has 4 heteroatoms. The number of benzene rings is 1. The highest BCUT2D eigenvalue weighted by atomic mass is 32.2. The molecule has 0 heterocycles. The highest BCUT2D eigenvalue weighted by Crippen LogP contribution is 2.44. The first-order valence-corrected chi connectivity index (χ1v) is 7.70. The Morgan fingerprint density at radius 1 is 1.32 bits per heavy atom. The first kappa shape index (κ1) is 13.0. The summed E-state index contributed by atoms with van der Waals surface area (Å²) in [5, 5.41) is 10.1. The lowest BCUT2D eigenvalue weighted by Crippen LogP contribution is -2.32. The topological polar surface area (TPSA) is 37.3 Å². The van der Waals surface area contributed by atoms with Crippen molar-refractivity contribution in [1.82, 2.24) is 0 Å². The van der Waals surface area contributed by atoms with Crippen LogP contribution >= 0.6 is 11.8 Å². The zero-order chi connectivity index (χ0) is 13.5. The van der Waals surface area contributed by atoms with Gasteiger partial charge in [-0.2, -0.15) is 0 Å². The van der Waals surface area contributed by atoms with Gasteiger partial charge in [-0.1, -0.05) is 18.9 Å². The van der Waals surface area contributed by atoms with Crippen LogP contribution in [0.25, 0.3) is 0 Å². The fourth-order valence-electron chi connectivity index (χ4n) is 2.86. The van der Waals surface area contributed by atoms with Crippen LogP contribution in [0.3, 0.4) is 0 Å². The standard InChI is InChI=1S/C15H17FO2S/c16-12-9-10(3-6-13(12)19-11-4-5-11)15(14(17)18)7-1-2-8-15/h3,6,9,11H,1-2,4-5,7-8H2,(H,17,18). The van der Waals surface area contributed by atoms with Crippen LogP contribution in [-0.4, -0.2) is 16.3 Å². The van der Waals surface area contributed by atoms with Gasteiger partial charge in [-0.3, -0.25) is 4.79 Å². The molecule has 2 saturated carbocycles. The molecule has 102 valence electrons. The highest BCUT2D eigenvalue weighted by molar-refractivity contribution is 8.00. The number of aliphatic carboxylic acids is 1. The lowest BCUT2D eigenvalue weighted by atomic mass is 9.79. The minimum atomic E-state index is -0.858. The van der Waals surface area contributed by atoms with Gasteiger partial charge in [0.15, 0.2) is 0 Å². The van der Waals surface area contributed by atoms with E-state index in [9.17, 15) is 14.3 Å². The predicted molar refractivity (Wildman–Crippen MR) is 73.1 cm³/mol. The van der Waals surface area contributed by atoms with Crippen molar-refractivity contribution >= 4 is 17.7 Å². The van der Waals surface area contributed by atoms with Crippen molar-refractivity contribution in [2.45, 2.75) is 54.1 Å². The molecular weight excluding hydrogens is 263 g/mol. The molecule has 0 radical (unpaired) electrons. The summed E-state index contributed by atoms with van der Waals surface area (Å²) in [6, 6.07) is 5.02. The van der Waals surface area contributed by atoms with Crippen LogP contribution in [-0.2, 0) is 10.2 Å². The van der Waals surface area contributed by atoms with Gasteiger partial charge in [0, 0.05) is 10.1 Å². The Kier molecular flexibility index (Phi) is 3.29. The average Bonchev–Trinajstić information content (AvgIpc) is 3.05.